The van der Waals surface area contributed by atoms with Crippen LogP contribution in [0.1, 0.15) is 58.8 Å². The first-order valence-electron chi connectivity index (χ1n) is 7.47. The highest BCUT2D eigenvalue weighted by atomic mass is 16.4. The van der Waals surface area contributed by atoms with E-state index in [4.69, 9.17) is 5.11 Å². The molecule has 0 aliphatic heterocycles. The summed E-state index contributed by atoms with van der Waals surface area (Å²) in [4.78, 5) is 13.6. The standard InChI is InChI=1S/C15H27NO2/c1-12(2)10-16(13-5-3-4-6-13)11-15(7-8-15)9-14(17)18/h12-13H,3-11H2,1-2H3,(H,17,18). The van der Waals surface area contributed by atoms with Crippen molar-refractivity contribution in [3.63, 3.8) is 0 Å². The third kappa shape index (κ3) is 3.71. The third-order valence-corrected chi connectivity index (χ3v) is 4.46. The monoisotopic (exact) mass is 253 g/mol. The van der Waals surface area contributed by atoms with Crippen molar-refractivity contribution in [1.29, 1.82) is 0 Å². The van der Waals surface area contributed by atoms with E-state index in [0.29, 0.717) is 12.3 Å². The summed E-state index contributed by atoms with van der Waals surface area (Å²) in [6.45, 7) is 6.67. The second kappa shape index (κ2) is 5.60. The van der Waals surface area contributed by atoms with E-state index >= 15 is 0 Å². The van der Waals surface area contributed by atoms with Crippen molar-refractivity contribution in [1.82, 2.24) is 4.90 Å². The zero-order chi connectivity index (χ0) is 13.2. The Morgan fingerprint density at radius 1 is 1.33 bits per heavy atom. The molecule has 3 nitrogen and oxygen atoms in total. The Bertz CT molecular complexity index is 291. The van der Waals surface area contributed by atoms with Crippen LogP contribution in [-0.4, -0.2) is 35.1 Å². The smallest absolute Gasteiger partial charge is 0.303 e. The molecule has 104 valence electrons. The zero-order valence-corrected chi connectivity index (χ0v) is 11.8. The number of rotatable bonds is 7. The lowest BCUT2D eigenvalue weighted by Gasteiger charge is -2.33. The summed E-state index contributed by atoms with van der Waals surface area (Å²) >= 11 is 0. The summed E-state index contributed by atoms with van der Waals surface area (Å²) in [5.74, 6) is 0.0506. The van der Waals surface area contributed by atoms with Crippen LogP contribution in [0, 0.1) is 11.3 Å². The van der Waals surface area contributed by atoms with Gasteiger partial charge in [0, 0.05) is 19.1 Å². The van der Waals surface area contributed by atoms with Crippen LogP contribution in [0.5, 0.6) is 0 Å². The molecule has 0 aromatic carbocycles. The van der Waals surface area contributed by atoms with Gasteiger partial charge in [-0.05, 0) is 37.0 Å². The summed E-state index contributed by atoms with van der Waals surface area (Å²) in [6.07, 6.45) is 7.93. The molecular weight excluding hydrogens is 226 g/mol. The average Bonchev–Trinajstić information content (AvgIpc) is 2.80. The number of carbonyl (C=O) groups is 1. The molecule has 1 N–H and O–H groups in total. The Morgan fingerprint density at radius 2 is 1.94 bits per heavy atom. The minimum atomic E-state index is -0.622. The van der Waals surface area contributed by atoms with Crippen molar-refractivity contribution < 1.29 is 9.90 Å². The van der Waals surface area contributed by atoms with Crippen LogP contribution < -0.4 is 0 Å². The molecule has 2 aliphatic rings. The molecule has 0 unspecified atom stereocenters. The molecule has 0 aromatic rings. The first-order valence-corrected chi connectivity index (χ1v) is 7.47. The Balaban J connectivity index is 1.94. The third-order valence-electron chi connectivity index (χ3n) is 4.46. The molecule has 0 aromatic heterocycles. The number of hydrogen-bond acceptors (Lipinski definition) is 2. The lowest BCUT2D eigenvalue weighted by molar-refractivity contribution is -0.138. The fourth-order valence-corrected chi connectivity index (χ4v) is 3.40. The zero-order valence-electron chi connectivity index (χ0n) is 11.8. The summed E-state index contributed by atoms with van der Waals surface area (Å²) in [5, 5.41) is 9.03. The Morgan fingerprint density at radius 3 is 2.39 bits per heavy atom. The Hall–Kier alpha value is -0.570. The molecule has 2 saturated carbocycles. The maximum absolute atomic E-state index is 11.0. The predicted molar refractivity (Wildman–Crippen MR) is 72.6 cm³/mol. The van der Waals surface area contributed by atoms with Crippen molar-refractivity contribution >= 4 is 5.97 Å². The maximum Gasteiger partial charge on any atom is 0.303 e. The van der Waals surface area contributed by atoms with Gasteiger partial charge in [-0.2, -0.15) is 0 Å². The normalized spacial score (nSPS) is 22.9. The van der Waals surface area contributed by atoms with Gasteiger partial charge < -0.3 is 5.11 Å². The van der Waals surface area contributed by atoms with Crippen molar-refractivity contribution in [2.75, 3.05) is 13.1 Å². The molecule has 0 atom stereocenters. The largest absolute Gasteiger partial charge is 0.481 e. The van der Waals surface area contributed by atoms with E-state index in [9.17, 15) is 4.79 Å². The van der Waals surface area contributed by atoms with E-state index < -0.39 is 5.97 Å². The van der Waals surface area contributed by atoms with E-state index in [-0.39, 0.29) is 5.41 Å². The Kier molecular flexibility index (Phi) is 4.31. The molecular formula is C15H27NO2. The molecule has 2 aliphatic carbocycles. The van der Waals surface area contributed by atoms with Gasteiger partial charge in [0.25, 0.3) is 0 Å². The minimum absolute atomic E-state index is 0.114. The molecule has 2 fully saturated rings. The maximum atomic E-state index is 11.0. The van der Waals surface area contributed by atoms with Gasteiger partial charge in [-0.1, -0.05) is 26.7 Å². The quantitative estimate of drug-likeness (QED) is 0.757. The number of hydrogen-bond donors (Lipinski definition) is 1. The van der Waals surface area contributed by atoms with E-state index in [0.717, 1.165) is 32.0 Å². The van der Waals surface area contributed by atoms with Crippen molar-refractivity contribution in [3.8, 4) is 0 Å². The lowest BCUT2D eigenvalue weighted by Crippen LogP contribution is -2.40. The van der Waals surface area contributed by atoms with E-state index in [2.05, 4.69) is 18.7 Å². The van der Waals surface area contributed by atoms with E-state index in [1.807, 2.05) is 0 Å². The number of carboxylic acids is 1. The van der Waals surface area contributed by atoms with Gasteiger partial charge in [-0.3, -0.25) is 9.69 Å². The second-order valence-electron chi connectivity index (χ2n) is 6.83. The predicted octanol–water partition coefficient (Wildman–Crippen LogP) is 3.14. The van der Waals surface area contributed by atoms with Gasteiger partial charge in [0.15, 0.2) is 0 Å². The highest BCUT2D eigenvalue weighted by Gasteiger charge is 2.46. The van der Waals surface area contributed by atoms with Gasteiger partial charge in [0.1, 0.15) is 0 Å². The first-order chi connectivity index (χ1) is 8.51. The fraction of sp³-hybridized carbons (Fsp3) is 0.933. The van der Waals surface area contributed by atoms with Gasteiger partial charge in [-0.25, -0.2) is 0 Å². The van der Waals surface area contributed by atoms with Crippen molar-refractivity contribution in [3.05, 3.63) is 0 Å². The summed E-state index contributed by atoms with van der Waals surface area (Å²) in [6, 6.07) is 0.721. The fourth-order valence-electron chi connectivity index (χ4n) is 3.40. The van der Waals surface area contributed by atoms with Crippen molar-refractivity contribution in [2.45, 2.75) is 64.8 Å². The number of carboxylic acid groups (broad SMARTS) is 1. The lowest BCUT2D eigenvalue weighted by atomic mass is 9.99. The average molecular weight is 253 g/mol. The molecule has 0 spiro atoms. The summed E-state index contributed by atoms with van der Waals surface area (Å²) in [7, 11) is 0. The summed E-state index contributed by atoms with van der Waals surface area (Å²) < 4.78 is 0. The van der Waals surface area contributed by atoms with Crippen LogP contribution in [0.4, 0.5) is 0 Å². The van der Waals surface area contributed by atoms with E-state index in [1.165, 1.54) is 25.7 Å². The van der Waals surface area contributed by atoms with Crippen LogP contribution in [0.3, 0.4) is 0 Å². The van der Waals surface area contributed by atoms with Gasteiger partial charge in [0.05, 0.1) is 6.42 Å². The molecule has 0 saturated heterocycles. The Labute approximate surface area is 111 Å². The second-order valence-corrected chi connectivity index (χ2v) is 6.83. The number of nitrogens with zero attached hydrogens (tertiary/aromatic N) is 1. The molecule has 0 amide bonds. The van der Waals surface area contributed by atoms with Gasteiger partial charge in [0.2, 0.25) is 0 Å². The van der Waals surface area contributed by atoms with E-state index in [1.54, 1.807) is 0 Å². The summed E-state index contributed by atoms with van der Waals surface area (Å²) in [5.41, 5.74) is 0.114. The molecule has 2 rings (SSSR count). The van der Waals surface area contributed by atoms with Crippen LogP contribution in [0.15, 0.2) is 0 Å². The molecule has 3 heteroatoms. The topological polar surface area (TPSA) is 40.5 Å². The van der Waals surface area contributed by atoms with Crippen LogP contribution in [0.2, 0.25) is 0 Å². The van der Waals surface area contributed by atoms with Crippen LogP contribution in [0.25, 0.3) is 0 Å². The highest BCUT2D eigenvalue weighted by molar-refractivity contribution is 5.68. The molecule has 0 radical (unpaired) electrons. The van der Waals surface area contributed by atoms with Crippen LogP contribution >= 0.6 is 0 Å². The van der Waals surface area contributed by atoms with Crippen molar-refractivity contribution in [2.24, 2.45) is 11.3 Å². The first kappa shape index (κ1) is 13.9. The SMILES string of the molecule is CC(C)CN(CC1(CC(=O)O)CC1)C1CCCC1. The molecule has 18 heavy (non-hydrogen) atoms. The molecule has 0 bridgehead atoms. The van der Waals surface area contributed by atoms with Gasteiger partial charge in [-0.15, -0.1) is 0 Å². The number of aliphatic carboxylic acids is 1. The van der Waals surface area contributed by atoms with Gasteiger partial charge >= 0.3 is 5.97 Å². The van der Waals surface area contributed by atoms with Crippen LogP contribution in [-0.2, 0) is 4.79 Å². The minimum Gasteiger partial charge on any atom is -0.481 e. The molecule has 0 heterocycles. The highest BCUT2D eigenvalue weighted by Crippen LogP contribution is 2.50.